The first-order valence-electron chi connectivity index (χ1n) is 5.01. The van der Waals surface area contributed by atoms with Gasteiger partial charge in [-0.25, -0.2) is 13.6 Å². The van der Waals surface area contributed by atoms with Gasteiger partial charge in [-0.2, -0.15) is 0 Å². The van der Waals surface area contributed by atoms with Crippen molar-refractivity contribution in [2.75, 3.05) is 18.9 Å². The van der Waals surface area contributed by atoms with E-state index in [1.54, 1.807) is 7.05 Å². The topological polar surface area (TPSA) is 32.3 Å². The normalized spacial score (nSPS) is 10.0. The van der Waals surface area contributed by atoms with Gasteiger partial charge in [0.2, 0.25) is 0 Å². The van der Waals surface area contributed by atoms with Crippen molar-refractivity contribution >= 4 is 11.7 Å². The molecule has 0 radical (unpaired) electrons. The summed E-state index contributed by atoms with van der Waals surface area (Å²) < 4.78 is 25.8. The standard InChI is InChI=1S/C11H14F2N2O/c1-3-6-15(2)11(16)14-10-5-4-8(12)7-9(10)13/h4-5,7H,3,6H2,1-2H3,(H,14,16). The molecule has 0 saturated heterocycles. The molecule has 0 saturated carbocycles. The zero-order valence-electron chi connectivity index (χ0n) is 9.26. The molecule has 0 aliphatic rings. The van der Waals surface area contributed by atoms with E-state index in [1.165, 1.54) is 11.0 Å². The fourth-order valence-corrected chi connectivity index (χ4v) is 1.24. The summed E-state index contributed by atoms with van der Waals surface area (Å²) in [4.78, 5) is 12.9. The van der Waals surface area contributed by atoms with E-state index in [2.05, 4.69) is 5.32 Å². The molecule has 1 rings (SSSR count). The van der Waals surface area contributed by atoms with E-state index in [0.717, 1.165) is 18.6 Å². The van der Waals surface area contributed by atoms with Crippen LogP contribution in [-0.4, -0.2) is 24.5 Å². The first-order chi connectivity index (χ1) is 7.54. The van der Waals surface area contributed by atoms with Crippen molar-refractivity contribution in [3.63, 3.8) is 0 Å². The second-order valence-corrected chi connectivity index (χ2v) is 3.48. The molecule has 0 aliphatic carbocycles. The number of nitrogens with one attached hydrogen (secondary N) is 1. The summed E-state index contributed by atoms with van der Waals surface area (Å²) in [5, 5.41) is 2.37. The van der Waals surface area contributed by atoms with Crippen LogP contribution in [0.1, 0.15) is 13.3 Å². The molecule has 1 aromatic rings. The van der Waals surface area contributed by atoms with Crippen LogP contribution in [0.5, 0.6) is 0 Å². The highest BCUT2D eigenvalue weighted by Gasteiger charge is 2.10. The van der Waals surface area contributed by atoms with Gasteiger partial charge < -0.3 is 10.2 Å². The van der Waals surface area contributed by atoms with Crippen molar-refractivity contribution in [3.05, 3.63) is 29.8 Å². The number of carbonyl (C=O) groups excluding carboxylic acids is 1. The summed E-state index contributed by atoms with van der Waals surface area (Å²) in [6.45, 7) is 2.51. The first-order valence-corrected chi connectivity index (χ1v) is 5.01. The van der Waals surface area contributed by atoms with Gasteiger partial charge in [-0.1, -0.05) is 6.92 Å². The number of hydrogen-bond acceptors (Lipinski definition) is 1. The van der Waals surface area contributed by atoms with Crippen molar-refractivity contribution in [2.24, 2.45) is 0 Å². The van der Waals surface area contributed by atoms with Crippen molar-refractivity contribution in [2.45, 2.75) is 13.3 Å². The number of urea groups is 1. The molecule has 2 amide bonds. The number of hydrogen-bond donors (Lipinski definition) is 1. The maximum absolute atomic E-state index is 13.2. The number of rotatable bonds is 3. The Labute approximate surface area is 93.1 Å². The van der Waals surface area contributed by atoms with Crippen molar-refractivity contribution in [3.8, 4) is 0 Å². The molecule has 0 spiro atoms. The molecule has 16 heavy (non-hydrogen) atoms. The molecular weight excluding hydrogens is 214 g/mol. The number of halogens is 2. The van der Waals surface area contributed by atoms with E-state index in [0.29, 0.717) is 6.54 Å². The van der Waals surface area contributed by atoms with E-state index in [1.807, 2.05) is 6.92 Å². The maximum Gasteiger partial charge on any atom is 0.321 e. The van der Waals surface area contributed by atoms with E-state index in [9.17, 15) is 13.6 Å². The molecule has 0 atom stereocenters. The molecule has 0 unspecified atom stereocenters. The highest BCUT2D eigenvalue weighted by atomic mass is 19.1. The Balaban J connectivity index is 2.69. The lowest BCUT2D eigenvalue weighted by atomic mass is 10.3. The molecule has 5 heteroatoms. The predicted octanol–water partition coefficient (Wildman–Crippen LogP) is 2.84. The zero-order valence-corrected chi connectivity index (χ0v) is 9.26. The molecule has 0 bridgehead atoms. The summed E-state index contributed by atoms with van der Waals surface area (Å²) in [5.74, 6) is -1.45. The fraction of sp³-hybridized carbons (Fsp3) is 0.364. The van der Waals surface area contributed by atoms with Gasteiger partial charge >= 0.3 is 6.03 Å². The summed E-state index contributed by atoms with van der Waals surface area (Å²) in [7, 11) is 1.61. The lowest BCUT2D eigenvalue weighted by Gasteiger charge is -2.17. The van der Waals surface area contributed by atoms with Gasteiger partial charge in [-0.15, -0.1) is 0 Å². The molecule has 3 nitrogen and oxygen atoms in total. The molecular formula is C11H14F2N2O. The average Bonchev–Trinajstić information content (AvgIpc) is 2.22. The van der Waals surface area contributed by atoms with Crippen LogP contribution in [-0.2, 0) is 0 Å². The van der Waals surface area contributed by atoms with E-state index >= 15 is 0 Å². The SMILES string of the molecule is CCCN(C)C(=O)Nc1ccc(F)cc1F. The summed E-state index contributed by atoms with van der Waals surface area (Å²) >= 11 is 0. The van der Waals surface area contributed by atoms with Crippen LogP contribution in [0.2, 0.25) is 0 Å². The Kier molecular flexibility index (Phi) is 4.22. The third-order valence-electron chi connectivity index (χ3n) is 2.08. The van der Waals surface area contributed by atoms with E-state index in [4.69, 9.17) is 0 Å². The molecule has 0 aliphatic heterocycles. The minimum Gasteiger partial charge on any atom is -0.328 e. The molecule has 1 N–H and O–H groups in total. The van der Waals surface area contributed by atoms with Gasteiger partial charge in [-0.05, 0) is 18.6 Å². The highest BCUT2D eigenvalue weighted by Crippen LogP contribution is 2.15. The van der Waals surface area contributed by atoms with Crippen LogP contribution < -0.4 is 5.32 Å². The Morgan fingerprint density at radius 2 is 2.12 bits per heavy atom. The molecule has 88 valence electrons. The number of carbonyl (C=O) groups is 1. The van der Waals surface area contributed by atoms with Crippen molar-refractivity contribution < 1.29 is 13.6 Å². The summed E-state index contributed by atoms with van der Waals surface area (Å²) in [6.07, 6.45) is 0.815. The van der Waals surface area contributed by atoms with Crippen LogP contribution >= 0.6 is 0 Å². The van der Waals surface area contributed by atoms with Gasteiger partial charge in [0.15, 0.2) is 0 Å². The van der Waals surface area contributed by atoms with Gasteiger partial charge in [-0.3, -0.25) is 0 Å². The molecule has 0 fully saturated rings. The van der Waals surface area contributed by atoms with Crippen LogP contribution in [0.3, 0.4) is 0 Å². The zero-order chi connectivity index (χ0) is 12.1. The largest absolute Gasteiger partial charge is 0.328 e. The molecule has 0 aromatic heterocycles. The van der Waals surface area contributed by atoms with Gasteiger partial charge in [0.1, 0.15) is 11.6 Å². The predicted molar refractivity (Wildman–Crippen MR) is 58.3 cm³/mol. The number of anilines is 1. The lowest BCUT2D eigenvalue weighted by molar-refractivity contribution is 0.222. The van der Waals surface area contributed by atoms with Gasteiger partial charge in [0, 0.05) is 19.7 Å². The van der Waals surface area contributed by atoms with Crippen molar-refractivity contribution in [1.82, 2.24) is 4.90 Å². The maximum atomic E-state index is 13.2. The van der Waals surface area contributed by atoms with E-state index < -0.39 is 17.7 Å². The van der Waals surface area contributed by atoms with Gasteiger partial charge in [0.25, 0.3) is 0 Å². The van der Waals surface area contributed by atoms with Crippen LogP contribution in [0.25, 0.3) is 0 Å². The number of nitrogens with zero attached hydrogens (tertiary/aromatic N) is 1. The smallest absolute Gasteiger partial charge is 0.321 e. The Hall–Kier alpha value is -1.65. The lowest BCUT2D eigenvalue weighted by Crippen LogP contribution is -2.32. The minimum absolute atomic E-state index is 0.0191. The second-order valence-electron chi connectivity index (χ2n) is 3.48. The quantitative estimate of drug-likeness (QED) is 0.847. The Morgan fingerprint density at radius 1 is 1.44 bits per heavy atom. The first kappa shape index (κ1) is 12.4. The summed E-state index contributed by atoms with van der Waals surface area (Å²) in [5.41, 5.74) is -0.0191. The minimum atomic E-state index is -0.779. The van der Waals surface area contributed by atoms with Crippen molar-refractivity contribution in [1.29, 1.82) is 0 Å². The van der Waals surface area contributed by atoms with Gasteiger partial charge in [0.05, 0.1) is 5.69 Å². The van der Waals surface area contributed by atoms with Crippen LogP contribution in [0.15, 0.2) is 18.2 Å². The Morgan fingerprint density at radius 3 is 2.69 bits per heavy atom. The van der Waals surface area contributed by atoms with Crippen LogP contribution in [0, 0.1) is 11.6 Å². The fourth-order valence-electron chi connectivity index (χ4n) is 1.24. The third-order valence-corrected chi connectivity index (χ3v) is 2.08. The third kappa shape index (κ3) is 3.18. The average molecular weight is 228 g/mol. The van der Waals surface area contributed by atoms with Crippen LogP contribution in [0.4, 0.5) is 19.3 Å². The summed E-state index contributed by atoms with van der Waals surface area (Å²) in [6, 6.07) is 2.61. The number of amides is 2. The van der Waals surface area contributed by atoms with E-state index in [-0.39, 0.29) is 5.69 Å². The molecule has 1 aromatic carbocycles. The molecule has 0 heterocycles. The Bertz CT molecular complexity index is 382. The monoisotopic (exact) mass is 228 g/mol. The second kappa shape index (κ2) is 5.44. The number of benzene rings is 1. The highest BCUT2D eigenvalue weighted by molar-refractivity contribution is 5.89.